The van der Waals surface area contributed by atoms with Crippen molar-refractivity contribution < 1.29 is 47.2 Å². The van der Waals surface area contributed by atoms with Crippen LogP contribution in [0.15, 0.2) is 95.9 Å². The lowest BCUT2D eigenvalue weighted by molar-refractivity contribution is -0.136. The molecule has 5 rings (SSSR count). The predicted octanol–water partition coefficient (Wildman–Crippen LogP) is 8.73. The number of aromatic nitrogens is 1. The van der Waals surface area contributed by atoms with Crippen LogP contribution in [0.1, 0.15) is 35.5 Å². The van der Waals surface area contributed by atoms with Crippen LogP contribution < -0.4 is 14.2 Å². The minimum Gasteiger partial charge on any atom is -0.491 e. The Morgan fingerprint density at radius 2 is 1.43 bits per heavy atom. The second kappa shape index (κ2) is 13.5. The van der Waals surface area contributed by atoms with Gasteiger partial charge in [-0.25, -0.2) is 4.79 Å². The minimum absolute atomic E-state index is 0.0102. The smallest absolute Gasteiger partial charge is 0.446 e. The van der Waals surface area contributed by atoms with Crippen molar-refractivity contribution >= 4 is 34.6 Å². The van der Waals surface area contributed by atoms with Crippen molar-refractivity contribution in [2.45, 2.75) is 43.4 Å². The van der Waals surface area contributed by atoms with E-state index in [-0.39, 0.29) is 40.6 Å². The van der Waals surface area contributed by atoms with E-state index in [1.165, 1.54) is 12.1 Å². The fourth-order valence-corrected chi connectivity index (χ4v) is 5.41. The third-order valence-corrected chi connectivity index (χ3v) is 7.40. The molecule has 0 aliphatic rings. The van der Waals surface area contributed by atoms with Crippen molar-refractivity contribution in [3.8, 4) is 28.7 Å². The van der Waals surface area contributed by atoms with E-state index in [1.807, 2.05) is 13.8 Å². The second-order valence-corrected chi connectivity index (χ2v) is 11.6. The van der Waals surface area contributed by atoms with Crippen LogP contribution in [-0.2, 0) is 17.8 Å². The summed E-state index contributed by atoms with van der Waals surface area (Å²) in [5.74, 6) is -0.494. The van der Waals surface area contributed by atoms with Crippen LogP contribution in [0.3, 0.4) is 0 Å². The number of nitrogens with zero attached hydrogens (tertiary/aromatic N) is 1. The number of aromatic carboxylic acids is 1. The number of aliphatic carboxylic acids is 1. The molecular weight excluding hydrogens is 623 g/mol. The van der Waals surface area contributed by atoms with Gasteiger partial charge in [-0.3, -0.25) is 4.79 Å². The van der Waals surface area contributed by atoms with Gasteiger partial charge in [0.25, 0.3) is 0 Å². The number of ether oxygens (including phenoxy) is 3. The Kier molecular flexibility index (Phi) is 9.47. The number of benzene rings is 4. The van der Waals surface area contributed by atoms with Crippen molar-refractivity contribution in [1.82, 2.24) is 4.57 Å². The molecule has 0 saturated carbocycles. The van der Waals surface area contributed by atoms with Crippen molar-refractivity contribution in [2.75, 3.05) is 0 Å². The third kappa shape index (κ3) is 7.94. The van der Waals surface area contributed by atoms with Crippen LogP contribution in [0.5, 0.6) is 23.0 Å². The van der Waals surface area contributed by atoms with Crippen molar-refractivity contribution in [1.29, 1.82) is 0 Å². The van der Waals surface area contributed by atoms with E-state index in [0.717, 1.165) is 0 Å². The topological polar surface area (TPSA) is 107 Å². The molecule has 0 radical (unpaired) electrons. The average molecular weight is 652 g/mol. The van der Waals surface area contributed by atoms with Crippen molar-refractivity contribution in [3.63, 3.8) is 0 Å². The molecule has 0 aliphatic heterocycles. The molecule has 8 nitrogen and oxygen atoms in total. The maximum Gasteiger partial charge on any atom is 0.446 e. The summed E-state index contributed by atoms with van der Waals surface area (Å²) >= 11 is -0.193. The Hall–Kier alpha value is -5.10. The van der Waals surface area contributed by atoms with Crippen molar-refractivity contribution in [3.05, 3.63) is 108 Å². The highest BCUT2D eigenvalue weighted by atomic mass is 32.2. The number of halogens is 3. The summed E-state index contributed by atoms with van der Waals surface area (Å²) in [7, 11) is 0. The summed E-state index contributed by atoms with van der Waals surface area (Å²) in [6.07, 6.45) is -0.541. The maximum absolute atomic E-state index is 12.6. The second-order valence-electron chi connectivity index (χ2n) is 10.4. The molecule has 0 bridgehead atoms. The van der Waals surface area contributed by atoms with Crippen LogP contribution in [0, 0.1) is 0 Å². The number of thioether (sulfide) groups is 1. The fraction of sp³-hybridized carbons (Fsp3) is 0.176. The Morgan fingerprint density at radius 3 is 2.02 bits per heavy atom. The Morgan fingerprint density at radius 1 is 0.826 bits per heavy atom. The number of carbonyl (C=O) groups is 2. The predicted molar refractivity (Wildman–Crippen MR) is 167 cm³/mol. The zero-order valence-corrected chi connectivity index (χ0v) is 25.4. The van der Waals surface area contributed by atoms with E-state index < -0.39 is 23.9 Å². The molecule has 0 saturated heterocycles. The molecule has 5 aromatic rings. The first-order valence-corrected chi connectivity index (χ1v) is 14.8. The molecule has 46 heavy (non-hydrogen) atoms. The molecule has 12 heteroatoms. The molecule has 0 fully saturated rings. The zero-order valence-electron chi connectivity index (χ0n) is 24.6. The quantitative estimate of drug-likeness (QED) is 0.129. The molecule has 4 aromatic carbocycles. The Bertz CT molecular complexity index is 1850. The van der Waals surface area contributed by atoms with Gasteiger partial charge < -0.3 is 29.0 Å². The molecule has 0 spiro atoms. The average Bonchev–Trinajstić information content (AvgIpc) is 3.29. The van der Waals surface area contributed by atoms with Gasteiger partial charge in [0, 0.05) is 21.7 Å². The van der Waals surface area contributed by atoms with Gasteiger partial charge in [-0.2, -0.15) is 13.2 Å². The van der Waals surface area contributed by atoms with Crippen molar-refractivity contribution in [2.24, 2.45) is 0 Å². The van der Waals surface area contributed by atoms with E-state index in [9.17, 15) is 33.0 Å². The largest absolute Gasteiger partial charge is 0.491 e. The molecule has 1 heterocycles. The Balaban J connectivity index is 1.41. The van der Waals surface area contributed by atoms with Gasteiger partial charge in [0.1, 0.15) is 29.6 Å². The standard InChI is InChI=1S/C34H28F3NO7S/c1-20(2)44-24-9-11-25(12-10-24)45-26-13-16-29-28(17-26)32(33(41)42)30(18-31(39)40)38(29)22-5-7-23(8-6-22)43-19-21-3-14-27(15-4-21)46-34(35,36)37/h3-17,20H,18-19H2,1-2H3,(H,39,40)(H,41,42). The van der Waals surface area contributed by atoms with Crippen LogP contribution in [-0.4, -0.2) is 38.3 Å². The van der Waals surface area contributed by atoms with Gasteiger partial charge in [0.15, 0.2) is 0 Å². The number of carboxylic acid groups (broad SMARTS) is 2. The highest BCUT2D eigenvalue weighted by Gasteiger charge is 2.29. The van der Waals surface area contributed by atoms with E-state index in [0.29, 0.717) is 45.2 Å². The van der Waals surface area contributed by atoms with E-state index in [2.05, 4.69) is 0 Å². The summed E-state index contributed by atoms with van der Waals surface area (Å²) < 4.78 is 56.8. The van der Waals surface area contributed by atoms with Crippen LogP contribution in [0.25, 0.3) is 16.6 Å². The number of hydrogen-bond acceptors (Lipinski definition) is 6. The maximum atomic E-state index is 12.6. The van der Waals surface area contributed by atoms with Gasteiger partial charge in [0.05, 0.1) is 23.6 Å². The van der Waals surface area contributed by atoms with E-state index in [1.54, 1.807) is 83.4 Å². The summed E-state index contributed by atoms with van der Waals surface area (Å²) in [5, 5.41) is 20.1. The van der Waals surface area contributed by atoms with Crippen LogP contribution in [0.4, 0.5) is 13.2 Å². The highest BCUT2D eigenvalue weighted by molar-refractivity contribution is 8.00. The molecular formula is C34H28F3NO7S. The Labute approximate surface area is 265 Å². The first-order chi connectivity index (χ1) is 21.9. The minimum atomic E-state index is -4.37. The lowest BCUT2D eigenvalue weighted by Crippen LogP contribution is -2.11. The normalized spacial score (nSPS) is 11.5. The lowest BCUT2D eigenvalue weighted by atomic mass is 10.1. The molecule has 0 unspecified atom stereocenters. The summed E-state index contributed by atoms with van der Waals surface area (Å²) in [5.41, 5.74) is -2.81. The summed E-state index contributed by atoms with van der Waals surface area (Å²) in [4.78, 5) is 24.4. The molecule has 2 N–H and O–H groups in total. The third-order valence-electron chi connectivity index (χ3n) is 6.66. The van der Waals surface area contributed by atoms with Crippen LogP contribution in [0.2, 0.25) is 0 Å². The molecule has 1 aromatic heterocycles. The number of fused-ring (bicyclic) bond motifs is 1. The number of alkyl halides is 3. The number of hydrogen-bond donors (Lipinski definition) is 2. The SMILES string of the molecule is CC(C)Oc1ccc(Oc2ccc3c(c2)c(C(=O)O)c(CC(=O)O)n3-c2ccc(OCc3ccc(SC(F)(F)F)cc3)cc2)cc1. The first kappa shape index (κ1) is 32.3. The monoisotopic (exact) mass is 651 g/mol. The first-order valence-electron chi connectivity index (χ1n) is 14.0. The van der Waals surface area contributed by atoms with Crippen LogP contribution >= 0.6 is 11.8 Å². The van der Waals surface area contributed by atoms with Gasteiger partial charge in [-0.05, 0) is 110 Å². The lowest BCUT2D eigenvalue weighted by Gasteiger charge is -2.13. The molecule has 0 atom stereocenters. The van der Waals surface area contributed by atoms with Gasteiger partial charge in [0.2, 0.25) is 0 Å². The summed E-state index contributed by atoms with van der Waals surface area (Å²) in [6.45, 7) is 3.94. The molecule has 0 amide bonds. The summed E-state index contributed by atoms with van der Waals surface area (Å²) in [6, 6.07) is 24.3. The van der Waals surface area contributed by atoms with Gasteiger partial charge in [-0.15, -0.1) is 0 Å². The molecule has 0 aliphatic carbocycles. The van der Waals surface area contributed by atoms with E-state index in [4.69, 9.17) is 14.2 Å². The number of carboxylic acids is 2. The fourth-order valence-electron chi connectivity index (χ4n) is 4.87. The van der Waals surface area contributed by atoms with E-state index >= 15 is 0 Å². The number of rotatable bonds is 12. The van der Waals surface area contributed by atoms with Gasteiger partial charge >= 0.3 is 17.4 Å². The zero-order chi connectivity index (χ0) is 33.0. The van der Waals surface area contributed by atoms with Gasteiger partial charge in [-0.1, -0.05) is 12.1 Å². The highest BCUT2D eigenvalue weighted by Crippen LogP contribution is 2.37. The molecule has 238 valence electrons.